The van der Waals surface area contributed by atoms with E-state index >= 15 is 0 Å². The molecule has 2 aromatic carbocycles. The number of halogens is 2. The normalized spacial score (nSPS) is 26.6. The predicted octanol–water partition coefficient (Wildman–Crippen LogP) is 2.26. The Labute approximate surface area is 352 Å². The van der Waals surface area contributed by atoms with Gasteiger partial charge < -0.3 is 50.2 Å². The van der Waals surface area contributed by atoms with Crippen LogP contribution in [0.15, 0.2) is 36.4 Å². The molecule has 6 rings (SSSR count). The number of carbonyl (C=O) groups is 7. The number of rotatable bonds is 8. The van der Waals surface area contributed by atoms with Gasteiger partial charge in [-0.3, -0.25) is 24.0 Å². The van der Waals surface area contributed by atoms with Gasteiger partial charge in [0.2, 0.25) is 29.5 Å². The fraction of sp³-hybridized carbons (Fsp3) is 0.548. The van der Waals surface area contributed by atoms with Gasteiger partial charge in [0.15, 0.2) is 11.5 Å². The van der Waals surface area contributed by atoms with E-state index in [0.29, 0.717) is 43.2 Å². The Morgan fingerprint density at radius 2 is 1.49 bits per heavy atom. The molecule has 7 amide bonds. The minimum atomic E-state index is -1.65. The number of cyclic esters (lactones) is 1. The number of hydrogen-bond donors (Lipinski definition) is 4. The summed E-state index contributed by atoms with van der Waals surface area (Å²) in [6.45, 7) is 5.30. The van der Waals surface area contributed by atoms with Gasteiger partial charge >= 0.3 is 12.0 Å². The molecule has 0 radical (unpaired) electrons. The van der Waals surface area contributed by atoms with E-state index in [4.69, 9.17) is 14.2 Å². The topological polar surface area (TPSA) is 205 Å². The second-order valence-corrected chi connectivity index (χ2v) is 16.1. The second-order valence-electron chi connectivity index (χ2n) is 16.1. The third-order valence-corrected chi connectivity index (χ3v) is 11.7. The molecule has 4 heterocycles. The number of amides is 7. The van der Waals surface area contributed by atoms with Gasteiger partial charge in [-0.05, 0) is 88.1 Å². The van der Waals surface area contributed by atoms with Gasteiger partial charge in [-0.25, -0.2) is 18.4 Å². The van der Waals surface area contributed by atoms with Crippen LogP contribution in [0.3, 0.4) is 0 Å². The van der Waals surface area contributed by atoms with Crippen molar-refractivity contribution in [3.05, 3.63) is 53.6 Å². The van der Waals surface area contributed by atoms with E-state index in [9.17, 15) is 42.3 Å². The van der Waals surface area contributed by atoms with Crippen molar-refractivity contribution in [2.45, 2.75) is 108 Å². The molecule has 0 aromatic heterocycles. The van der Waals surface area contributed by atoms with Crippen LogP contribution in [0.5, 0.6) is 11.5 Å². The molecule has 4 N–H and O–H groups in total. The highest BCUT2D eigenvalue weighted by Crippen LogP contribution is 2.31. The summed E-state index contributed by atoms with van der Waals surface area (Å²) in [4.78, 5) is 103. The maximum atomic E-state index is 14.7. The lowest BCUT2D eigenvalue weighted by molar-refractivity contribution is -0.163. The van der Waals surface area contributed by atoms with E-state index in [0.717, 1.165) is 12.1 Å². The first-order chi connectivity index (χ1) is 29.1. The zero-order valence-corrected chi connectivity index (χ0v) is 34.8. The number of benzene rings is 2. The molecule has 0 spiro atoms. The molecule has 4 saturated heterocycles. The number of anilines is 1. The van der Waals surface area contributed by atoms with Crippen molar-refractivity contribution in [3.8, 4) is 11.5 Å². The molecule has 0 bridgehead atoms. The Bertz CT molecular complexity index is 2020. The zero-order valence-electron chi connectivity index (χ0n) is 34.8. The molecule has 17 nitrogen and oxygen atoms in total. The van der Waals surface area contributed by atoms with Gasteiger partial charge in [0, 0.05) is 43.9 Å². The molecule has 330 valence electrons. The van der Waals surface area contributed by atoms with Gasteiger partial charge in [0.05, 0.1) is 14.2 Å². The van der Waals surface area contributed by atoms with E-state index in [1.54, 1.807) is 0 Å². The lowest BCUT2D eigenvalue weighted by atomic mass is 9.99. The number of methoxy groups -OCH3 is 2. The van der Waals surface area contributed by atoms with Crippen molar-refractivity contribution >= 4 is 47.2 Å². The fourth-order valence-corrected chi connectivity index (χ4v) is 8.63. The quantitative estimate of drug-likeness (QED) is 0.285. The third kappa shape index (κ3) is 10.1. The summed E-state index contributed by atoms with van der Waals surface area (Å²) in [7, 11) is 2.84. The summed E-state index contributed by atoms with van der Waals surface area (Å²) in [5, 5.41) is 10.5. The van der Waals surface area contributed by atoms with E-state index in [1.807, 2.05) is 6.92 Å². The smallest absolute Gasteiger partial charge is 0.329 e. The number of carbonyl (C=O) groups excluding carboxylic acids is 7. The predicted molar refractivity (Wildman–Crippen MR) is 214 cm³/mol. The Morgan fingerprint density at radius 3 is 2.20 bits per heavy atom. The van der Waals surface area contributed by atoms with E-state index in [2.05, 4.69) is 21.3 Å². The van der Waals surface area contributed by atoms with Crippen molar-refractivity contribution in [3.63, 3.8) is 0 Å². The lowest BCUT2D eigenvalue weighted by Gasteiger charge is -2.39. The molecule has 0 saturated carbocycles. The van der Waals surface area contributed by atoms with Gasteiger partial charge in [-0.15, -0.1) is 0 Å². The maximum absolute atomic E-state index is 14.7. The molecule has 4 aliphatic rings. The van der Waals surface area contributed by atoms with Crippen LogP contribution in [0, 0.1) is 17.6 Å². The molecule has 8 atom stereocenters. The number of hydrogen-bond acceptors (Lipinski definition) is 10. The van der Waals surface area contributed by atoms with Crippen LogP contribution in [0.2, 0.25) is 0 Å². The van der Waals surface area contributed by atoms with Crippen LogP contribution < -0.4 is 30.7 Å². The van der Waals surface area contributed by atoms with Gasteiger partial charge in [-0.1, -0.05) is 6.92 Å². The summed E-state index contributed by atoms with van der Waals surface area (Å²) in [6.07, 6.45) is 0.660. The van der Waals surface area contributed by atoms with Gasteiger partial charge in [0.1, 0.15) is 54.0 Å². The molecule has 4 fully saturated rings. The van der Waals surface area contributed by atoms with Crippen molar-refractivity contribution in [1.82, 2.24) is 30.7 Å². The highest BCUT2D eigenvalue weighted by molar-refractivity contribution is 5.99. The minimum Gasteiger partial charge on any atom is -0.493 e. The number of urea groups is 1. The molecular weight excluding hydrogens is 800 g/mol. The lowest BCUT2D eigenvalue weighted by Crippen LogP contribution is -2.63. The summed E-state index contributed by atoms with van der Waals surface area (Å²) < 4.78 is 45.3. The van der Waals surface area contributed by atoms with Crippen molar-refractivity contribution < 1.29 is 56.6 Å². The van der Waals surface area contributed by atoms with E-state index < -0.39 is 102 Å². The molecule has 0 unspecified atom stereocenters. The first-order valence-electron chi connectivity index (χ1n) is 20.6. The van der Waals surface area contributed by atoms with Crippen LogP contribution >= 0.6 is 0 Å². The monoisotopic (exact) mass is 853 g/mol. The van der Waals surface area contributed by atoms with Crippen LogP contribution in [-0.4, -0.2) is 132 Å². The average Bonchev–Trinajstić information content (AvgIpc) is 3.88. The Kier molecular flexibility index (Phi) is 14.0. The van der Waals surface area contributed by atoms with E-state index in [-0.39, 0.29) is 49.6 Å². The van der Waals surface area contributed by atoms with E-state index in [1.165, 1.54) is 61.0 Å². The number of ether oxygens (including phenoxy) is 3. The number of piperidine rings is 1. The van der Waals surface area contributed by atoms with Gasteiger partial charge in [-0.2, -0.15) is 0 Å². The minimum absolute atomic E-state index is 0.00692. The Balaban J connectivity index is 1.34. The highest BCUT2D eigenvalue weighted by Gasteiger charge is 2.47. The molecule has 2 aromatic rings. The largest absolute Gasteiger partial charge is 0.493 e. The molecule has 61 heavy (non-hydrogen) atoms. The Morgan fingerprint density at radius 1 is 0.820 bits per heavy atom. The highest BCUT2D eigenvalue weighted by atomic mass is 19.1. The summed E-state index contributed by atoms with van der Waals surface area (Å²) in [5.74, 6) is -5.45. The molecule has 0 aliphatic carbocycles. The summed E-state index contributed by atoms with van der Waals surface area (Å²) in [5.41, 5.74) is 0.230. The summed E-state index contributed by atoms with van der Waals surface area (Å²) >= 11 is 0. The maximum Gasteiger partial charge on any atom is 0.329 e. The number of esters is 1. The third-order valence-electron chi connectivity index (χ3n) is 11.7. The zero-order chi connectivity index (χ0) is 44.1. The van der Waals surface area contributed by atoms with Crippen molar-refractivity contribution in [1.29, 1.82) is 0 Å². The number of nitrogens with one attached hydrogen (secondary N) is 4. The second kappa shape index (κ2) is 19.1. The van der Waals surface area contributed by atoms with Crippen molar-refractivity contribution in [2.75, 3.05) is 39.2 Å². The SMILES string of the molecule is COc1ccc(NC(=O)N[C@@H](Cc2cc(F)cc(F)c2)C(=O)N[C@@H]2C(=O)N3CCC[C@H]3C(=O)N3CCCC[C@H]3C(=O)N[C@@H](C)C(=O)N3C[C@@H](C)C[C@H]3C(=O)O[C@H]2C)cc1OC. The number of nitrogens with zero attached hydrogens (tertiary/aromatic N) is 3. The molecule has 4 aliphatic heterocycles. The molecule has 19 heteroatoms. The van der Waals surface area contributed by atoms with Gasteiger partial charge in [0.25, 0.3) is 0 Å². The number of fused-ring (bicyclic) bond motifs is 3. The fourth-order valence-electron chi connectivity index (χ4n) is 8.63. The van der Waals surface area contributed by atoms with Crippen LogP contribution in [0.25, 0.3) is 0 Å². The van der Waals surface area contributed by atoms with Crippen LogP contribution in [0.1, 0.15) is 64.9 Å². The molecular formula is C42H53F2N7O10. The Hall–Kier alpha value is -6.01. The van der Waals surface area contributed by atoms with Crippen LogP contribution in [-0.2, 0) is 39.9 Å². The van der Waals surface area contributed by atoms with Crippen molar-refractivity contribution in [2.24, 2.45) is 5.92 Å². The van der Waals surface area contributed by atoms with Crippen LogP contribution in [0.4, 0.5) is 19.3 Å². The summed E-state index contributed by atoms with van der Waals surface area (Å²) in [6, 6.07) is -1.03. The average molecular weight is 854 g/mol. The standard InChI is InChI=1S/C42H53F2N7O10/c1-22-15-32-41(57)61-24(3)35(40(56)50-14-8-10-31(50)39(55)49-13-7-6-9-30(49)37(53)45-23(2)38(54)51(32)21-22)48-36(52)29(18-25-16-26(43)19-27(44)17-25)47-42(58)46-28-11-12-33(59-4)34(20-28)60-5/h11-12,16-17,19-20,22-24,29-32,35H,6-10,13-15,18,21H2,1-5H3,(H,45,53)(H,48,52)(H2,46,47,58)/t22-,23-,24-,29-,30-,31-,32-,35-/m0/s1. The first kappa shape index (κ1) is 44.5. The first-order valence-corrected chi connectivity index (χ1v) is 20.6.